The van der Waals surface area contributed by atoms with Gasteiger partial charge < -0.3 is 0 Å². The SMILES string of the molecule is CCc1ccc[n+](O)c1-c1cnc(C)cn1. The normalized spacial score (nSPS) is 10.4. The van der Waals surface area contributed by atoms with E-state index in [0.29, 0.717) is 11.4 Å². The fourth-order valence-electron chi connectivity index (χ4n) is 1.62. The zero-order valence-electron chi connectivity index (χ0n) is 9.38. The molecular weight excluding hydrogens is 202 g/mol. The van der Waals surface area contributed by atoms with Gasteiger partial charge in [0.15, 0.2) is 5.69 Å². The molecule has 0 aliphatic heterocycles. The molecule has 0 saturated carbocycles. The van der Waals surface area contributed by atoms with Gasteiger partial charge in [-0.25, -0.2) is 4.98 Å². The fraction of sp³-hybridized carbons (Fsp3) is 0.250. The lowest BCUT2D eigenvalue weighted by Gasteiger charge is -2.01. The van der Waals surface area contributed by atoms with Crippen molar-refractivity contribution in [3.8, 4) is 11.4 Å². The number of hydrogen-bond acceptors (Lipinski definition) is 3. The van der Waals surface area contributed by atoms with Gasteiger partial charge in [0.2, 0.25) is 6.20 Å². The molecule has 0 atom stereocenters. The third kappa shape index (κ3) is 1.86. The first-order valence-corrected chi connectivity index (χ1v) is 5.24. The van der Waals surface area contributed by atoms with E-state index in [2.05, 4.69) is 9.97 Å². The topological polar surface area (TPSA) is 49.9 Å². The Kier molecular flexibility index (Phi) is 2.81. The highest BCUT2D eigenvalue weighted by Gasteiger charge is 2.18. The van der Waals surface area contributed by atoms with Gasteiger partial charge in [0.05, 0.1) is 11.9 Å². The molecule has 0 bridgehead atoms. The predicted molar refractivity (Wildman–Crippen MR) is 59.0 cm³/mol. The molecule has 0 aromatic carbocycles. The molecule has 4 heteroatoms. The van der Waals surface area contributed by atoms with E-state index >= 15 is 0 Å². The van der Waals surface area contributed by atoms with Crippen molar-refractivity contribution in [1.82, 2.24) is 9.97 Å². The van der Waals surface area contributed by atoms with Crippen molar-refractivity contribution in [3.63, 3.8) is 0 Å². The van der Waals surface area contributed by atoms with E-state index in [1.165, 1.54) is 0 Å². The van der Waals surface area contributed by atoms with Crippen molar-refractivity contribution in [3.05, 3.63) is 42.0 Å². The molecule has 0 spiro atoms. The van der Waals surface area contributed by atoms with Crippen LogP contribution in [0.15, 0.2) is 30.7 Å². The summed E-state index contributed by atoms with van der Waals surface area (Å²) in [6.45, 7) is 3.93. The monoisotopic (exact) mass is 216 g/mol. The van der Waals surface area contributed by atoms with E-state index in [-0.39, 0.29) is 0 Å². The van der Waals surface area contributed by atoms with E-state index in [9.17, 15) is 5.21 Å². The lowest BCUT2D eigenvalue weighted by molar-refractivity contribution is -0.896. The first-order valence-electron chi connectivity index (χ1n) is 5.24. The molecule has 16 heavy (non-hydrogen) atoms. The van der Waals surface area contributed by atoms with Gasteiger partial charge in [-0.2, -0.15) is 0 Å². The third-order valence-corrected chi connectivity index (χ3v) is 2.46. The van der Waals surface area contributed by atoms with Crippen molar-refractivity contribution in [1.29, 1.82) is 0 Å². The molecule has 4 nitrogen and oxygen atoms in total. The molecule has 0 saturated heterocycles. The summed E-state index contributed by atoms with van der Waals surface area (Å²) < 4.78 is 1.10. The lowest BCUT2D eigenvalue weighted by atomic mass is 10.1. The lowest BCUT2D eigenvalue weighted by Crippen LogP contribution is -2.33. The largest absolute Gasteiger partial charge is 0.287 e. The maximum Gasteiger partial charge on any atom is 0.287 e. The molecule has 2 aromatic rings. The number of aryl methyl sites for hydroxylation is 2. The maximum atomic E-state index is 9.79. The predicted octanol–water partition coefficient (Wildman–Crippen LogP) is 1.54. The van der Waals surface area contributed by atoms with E-state index < -0.39 is 0 Å². The van der Waals surface area contributed by atoms with E-state index in [0.717, 1.165) is 22.4 Å². The van der Waals surface area contributed by atoms with Crippen molar-refractivity contribution in [2.24, 2.45) is 0 Å². The van der Waals surface area contributed by atoms with Gasteiger partial charge >= 0.3 is 0 Å². The molecule has 0 aliphatic carbocycles. The summed E-state index contributed by atoms with van der Waals surface area (Å²) >= 11 is 0. The average molecular weight is 216 g/mol. The second-order valence-electron chi connectivity index (χ2n) is 3.62. The van der Waals surface area contributed by atoms with Gasteiger partial charge in [-0.05, 0) is 19.4 Å². The second-order valence-corrected chi connectivity index (χ2v) is 3.62. The van der Waals surface area contributed by atoms with Crippen LogP contribution in [0.5, 0.6) is 0 Å². The van der Waals surface area contributed by atoms with Crippen molar-refractivity contribution in [2.75, 3.05) is 0 Å². The zero-order valence-corrected chi connectivity index (χ0v) is 9.38. The molecule has 2 heterocycles. The highest BCUT2D eigenvalue weighted by Crippen LogP contribution is 2.16. The van der Waals surface area contributed by atoms with Gasteiger partial charge in [0.1, 0.15) is 0 Å². The van der Waals surface area contributed by atoms with Gasteiger partial charge in [-0.15, -0.1) is 0 Å². The van der Waals surface area contributed by atoms with Crippen LogP contribution in [0.2, 0.25) is 0 Å². The Bertz CT molecular complexity index is 494. The quantitative estimate of drug-likeness (QED) is 0.612. The summed E-state index contributed by atoms with van der Waals surface area (Å²) in [5.41, 5.74) is 3.30. The summed E-state index contributed by atoms with van der Waals surface area (Å²) in [4.78, 5) is 8.46. The summed E-state index contributed by atoms with van der Waals surface area (Å²) in [7, 11) is 0. The Labute approximate surface area is 94.2 Å². The van der Waals surface area contributed by atoms with Crippen molar-refractivity contribution in [2.45, 2.75) is 20.3 Å². The maximum absolute atomic E-state index is 9.79. The number of pyridine rings is 1. The van der Waals surface area contributed by atoms with Crippen LogP contribution >= 0.6 is 0 Å². The number of rotatable bonds is 2. The van der Waals surface area contributed by atoms with E-state index in [1.807, 2.05) is 26.0 Å². The summed E-state index contributed by atoms with van der Waals surface area (Å²) in [6, 6.07) is 3.79. The van der Waals surface area contributed by atoms with Gasteiger partial charge in [-0.1, -0.05) is 6.92 Å². The van der Waals surface area contributed by atoms with Gasteiger partial charge in [0.25, 0.3) is 5.69 Å². The second kappa shape index (κ2) is 4.26. The van der Waals surface area contributed by atoms with Crippen LogP contribution in [-0.4, -0.2) is 15.2 Å². The van der Waals surface area contributed by atoms with Crippen molar-refractivity contribution < 1.29 is 9.94 Å². The standard InChI is InChI=1S/C12H14N3O/c1-3-10-5-4-6-15(16)12(10)11-8-13-9(2)7-14-11/h4-8,16H,3H2,1-2H3/q+1. The molecule has 2 rings (SSSR count). The third-order valence-electron chi connectivity index (χ3n) is 2.46. The Morgan fingerprint density at radius 2 is 2.12 bits per heavy atom. The molecule has 1 N–H and O–H groups in total. The molecule has 0 amide bonds. The highest BCUT2D eigenvalue weighted by molar-refractivity contribution is 5.53. The molecule has 0 unspecified atom stereocenters. The van der Waals surface area contributed by atoms with E-state index in [1.54, 1.807) is 18.6 Å². The molecule has 0 radical (unpaired) electrons. The Hall–Kier alpha value is -1.97. The number of aromatic nitrogens is 3. The van der Waals surface area contributed by atoms with Gasteiger partial charge in [-0.3, -0.25) is 10.2 Å². The smallest absolute Gasteiger partial charge is 0.284 e. The van der Waals surface area contributed by atoms with Crippen molar-refractivity contribution >= 4 is 0 Å². The minimum Gasteiger partial charge on any atom is -0.284 e. The summed E-state index contributed by atoms with van der Waals surface area (Å²) in [5.74, 6) is 0. The molecular formula is C12H14N3O+. The summed E-state index contributed by atoms with van der Waals surface area (Å²) in [5, 5.41) is 9.79. The molecule has 0 fully saturated rings. The first kappa shape index (κ1) is 10.5. The van der Waals surface area contributed by atoms with Crippen LogP contribution in [0.4, 0.5) is 0 Å². The van der Waals surface area contributed by atoms with Crippen LogP contribution in [0.3, 0.4) is 0 Å². The minimum atomic E-state index is 0.686. The summed E-state index contributed by atoms with van der Waals surface area (Å²) in [6.07, 6.45) is 5.81. The van der Waals surface area contributed by atoms with Gasteiger partial charge in [0, 0.05) is 22.6 Å². The van der Waals surface area contributed by atoms with Crippen LogP contribution in [-0.2, 0) is 6.42 Å². The van der Waals surface area contributed by atoms with Crippen LogP contribution < -0.4 is 4.73 Å². The van der Waals surface area contributed by atoms with E-state index in [4.69, 9.17) is 0 Å². The highest BCUT2D eigenvalue weighted by atomic mass is 16.5. The average Bonchev–Trinajstić information content (AvgIpc) is 2.30. The Morgan fingerprint density at radius 3 is 2.75 bits per heavy atom. The Morgan fingerprint density at radius 1 is 1.31 bits per heavy atom. The molecule has 82 valence electrons. The first-order chi connectivity index (χ1) is 7.72. The zero-order chi connectivity index (χ0) is 11.5. The van der Waals surface area contributed by atoms with Crippen LogP contribution in [0, 0.1) is 6.92 Å². The molecule has 2 aromatic heterocycles. The number of nitrogens with zero attached hydrogens (tertiary/aromatic N) is 3. The number of hydrogen-bond donors (Lipinski definition) is 1. The fourth-order valence-corrected chi connectivity index (χ4v) is 1.62. The molecule has 0 aliphatic rings. The Balaban J connectivity index is 2.58. The minimum absolute atomic E-state index is 0.686. The van der Waals surface area contributed by atoms with Crippen LogP contribution in [0.25, 0.3) is 11.4 Å². The van der Waals surface area contributed by atoms with Crippen LogP contribution in [0.1, 0.15) is 18.2 Å².